The van der Waals surface area contributed by atoms with Gasteiger partial charge in [-0.1, -0.05) is 0 Å². The molecule has 0 saturated carbocycles. The summed E-state index contributed by atoms with van der Waals surface area (Å²) in [6, 6.07) is 0. The first-order valence-corrected chi connectivity index (χ1v) is 4.54. The largest absolute Gasteiger partial charge is 0.481 e. The lowest BCUT2D eigenvalue weighted by Crippen LogP contribution is -2.47. The molecule has 0 rings (SSSR count). The van der Waals surface area contributed by atoms with Crippen molar-refractivity contribution in [2.45, 2.75) is 38.4 Å². The van der Waals surface area contributed by atoms with Crippen LogP contribution >= 0.6 is 0 Å². The first kappa shape index (κ1) is 14.4. The van der Waals surface area contributed by atoms with Crippen molar-refractivity contribution in [1.82, 2.24) is 0 Å². The van der Waals surface area contributed by atoms with E-state index in [0.29, 0.717) is 0 Å². The van der Waals surface area contributed by atoms with E-state index in [4.69, 9.17) is 20.1 Å². The monoisotopic (exact) mass is 234 g/mol. The third-order valence-corrected chi connectivity index (χ3v) is 1.72. The zero-order chi connectivity index (χ0) is 12.9. The standard InChI is InChI=1S/C9H14O7/c1-5(2)16-9(8(14)15,3-6(10)11)4-7(12)13/h5H,3-4H2,1-2H3,(H,10,11)(H,12,13)(H,14,15). The van der Waals surface area contributed by atoms with Crippen molar-refractivity contribution in [2.24, 2.45) is 0 Å². The molecule has 0 aromatic carbocycles. The van der Waals surface area contributed by atoms with E-state index in [-0.39, 0.29) is 0 Å². The van der Waals surface area contributed by atoms with Gasteiger partial charge in [0, 0.05) is 0 Å². The van der Waals surface area contributed by atoms with Crippen LogP contribution in [0.3, 0.4) is 0 Å². The SMILES string of the molecule is CC(C)OC(CC(=O)O)(CC(=O)O)C(=O)O. The summed E-state index contributed by atoms with van der Waals surface area (Å²) in [5.74, 6) is -4.44. The number of carboxylic acid groups (broad SMARTS) is 3. The second-order valence-corrected chi connectivity index (χ2v) is 3.61. The van der Waals surface area contributed by atoms with Gasteiger partial charge in [-0.05, 0) is 13.8 Å². The molecule has 0 fully saturated rings. The summed E-state index contributed by atoms with van der Waals surface area (Å²) in [5, 5.41) is 26.1. The highest BCUT2D eigenvalue weighted by Gasteiger charge is 2.45. The fourth-order valence-corrected chi connectivity index (χ4v) is 1.29. The summed E-state index contributed by atoms with van der Waals surface area (Å²) in [7, 11) is 0. The number of carbonyl (C=O) groups is 3. The second-order valence-electron chi connectivity index (χ2n) is 3.61. The predicted molar refractivity (Wildman–Crippen MR) is 51.1 cm³/mol. The Morgan fingerprint density at radius 2 is 1.44 bits per heavy atom. The predicted octanol–water partition coefficient (Wildman–Crippen LogP) is 0.184. The van der Waals surface area contributed by atoms with E-state index in [1.165, 1.54) is 13.8 Å². The van der Waals surface area contributed by atoms with Crippen LogP contribution in [0, 0.1) is 0 Å². The van der Waals surface area contributed by atoms with Crippen molar-refractivity contribution in [3.63, 3.8) is 0 Å². The van der Waals surface area contributed by atoms with Crippen molar-refractivity contribution in [1.29, 1.82) is 0 Å². The molecule has 0 amide bonds. The Morgan fingerprint density at radius 1 is 1.06 bits per heavy atom. The van der Waals surface area contributed by atoms with Crippen molar-refractivity contribution < 1.29 is 34.4 Å². The van der Waals surface area contributed by atoms with Crippen LogP contribution in [0.1, 0.15) is 26.7 Å². The molecule has 92 valence electrons. The molecule has 0 radical (unpaired) electrons. The van der Waals surface area contributed by atoms with Gasteiger partial charge < -0.3 is 20.1 Å². The lowest BCUT2D eigenvalue weighted by Gasteiger charge is -2.28. The Balaban J connectivity index is 5.11. The van der Waals surface area contributed by atoms with Crippen molar-refractivity contribution in [3.8, 4) is 0 Å². The summed E-state index contributed by atoms with van der Waals surface area (Å²) in [4.78, 5) is 32.1. The van der Waals surface area contributed by atoms with Gasteiger partial charge in [0.25, 0.3) is 0 Å². The van der Waals surface area contributed by atoms with Gasteiger partial charge in [0.05, 0.1) is 18.9 Å². The number of carboxylic acids is 3. The average molecular weight is 234 g/mol. The maximum atomic E-state index is 11.0. The van der Waals surface area contributed by atoms with Gasteiger partial charge in [-0.2, -0.15) is 0 Å². The fourth-order valence-electron chi connectivity index (χ4n) is 1.29. The molecule has 0 heterocycles. The van der Waals surface area contributed by atoms with Crippen LogP contribution in [0.2, 0.25) is 0 Å². The number of rotatable bonds is 7. The molecule has 0 aromatic heterocycles. The van der Waals surface area contributed by atoms with E-state index in [9.17, 15) is 14.4 Å². The minimum Gasteiger partial charge on any atom is -0.481 e. The van der Waals surface area contributed by atoms with Gasteiger partial charge in [0.1, 0.15) is 0 Å². The summed E-state index contributed by atoms with van der Waals surface area (Å²) in [5.41, 5.74) is -2.22. The van der Waals surface area contributed by atoms with E-state index in [0.717, 1.165) is 0 Å². The third-order valence-electron chi connectivity index (χ3n) is 1.72. The van der Waals surface area contributed by atoms with Crippen LogP contribution in [-0.2, 0) is 19.1 Å². The van der Waals surface area contributed by atoms with Gasteiger partial charge in [-0.15, -0.1) is 0 Å². The molecule has 0 atom stereocenters. The van der Waals surface area contributed by atoms with Gasteiger partial charge in [0.15, 0.2) is 5.60 Å². The van der Waals surface area contributed by atoms with Crippen LogP contribution < -0.4 is 0 Å². The molecular weight excluding hydrogens is 220 g/mol. The van der Waals surface area contributed by atoms with Crippen LogP contribution in [0.5, 0.6) is 0 Å². The molecule has 0 aliphatic heterocycles. The van der Waals surface area contributed by atoms with Crippen LogP contribution in [-0.4, -0.2) is 44.9 Å². The Bertz CT molecular complexity index is 278. The maximum absolute atomic E-state index is 11.0. The molecule has 3 N–H and O–H groups in total. The maximum Gasteiger partial charge on any atom is 0.337 e. The summed E-state index contributed by atoms with van der Waals surface area (Å²) in [6.45, 7) is 3.00. The van der Waals surface area contributed by atoms with E-state index in [1.807, 2.05) is 0 Å². The summed E-state index contributed by atoms with van der Waals surface area (Å²) >= 11 is 0. The van der Waals surface area contributed by atoms with Gasteiger partial charge in [-0.3, -0.25) is 9.59 Å². The Morgan fingerprint density at radius 3 is 1.62 bits per heavy atom. The molecule has 0 bridgehead atoms. The summed E-state index contributed by atoms with van der Waals surface area (Å²) in [6.07, 6.45) is -2.38. The van der Waals surface area contributed by atoms with E-state index >= 15 is 0 Å². The molecule has 0 aromatic rings. The molecule has 16 heavy (non-hydrogen) atoms. The Hall–Kier alpha value is -1.63. The second kappa shape index (κ2) is 5.45. The zero-order valence-electron chi connectivity index (χ0n) is 8.97. The van der Waals surface area contributed by atoms with Gasteiger partial charge in [0.2, 0.25) is 0 Å². The minimum absolute atomic E-state index is 0.588. The first-order chi connectivity index (χ1) is 7.19. The highest BCUT2D eigenvalue weighted by molar-refractivity contribution is 5.88. The number of aliphatic carboxylic acids is 3. The first-order valence-electron chi connectivity index (χ1n) is 4.54. The van der Waals surface area contributed by atoms with Crippen molar-refractivity contribution in [2.75, 3.05) is 0 Å². The zero-order valence-corrected chi connectivity index (χ0v) is 8.97. The van der Waals surface area contributed by atoms with Crippen LogP contribution in [0.15, 0.2) is 0 Å². The third kappa shape index (κ3) is 4.26. The lowest BCUT2D eigenvalue weighted by molar-refractivity contribution is -0.183. The average Bonchev–Trinajstić information content (AvgIpc) is 1.98. The highest BCUT2D eigenvalue weighted by Crippen LogP contribution is 2.23. The van der Waals surface area contributed by atoms with Gasteiger partial charge >= 0.3 is 17.9 Å². The van der Waals surface area contributed by atoms with Gasteiger partial charge in [-0.25, -0.2) is 4.79 Å². The number of ether oxygens (including phenoxy) is 1. The minimum atomic E-state index is -2.22. The molecule has 7 nitrogen and oxygen atoms in total. The van der Waals surface area contributed by atoms with E-state index in [2.05, 4.69) is 0 Å². The molecule has 0 saturated heterocycles. The van der Waals surface area contributed by atoms with Crippen molar-refractivity contribution in [3.05, 3.63) is 0 Å². The number of hydrogen-bond donors (Lipinski definition) is 3. The molecule has 0 unspecified atom stereocenters. The van der Waals surface area contributed by atoms with Crippen LogP contribution in [0.25, 0.3) is 0 Å². The van der Waals surface area contributed by atoms with Crippen LogP contribution in [0.4, 0.5) is 0 Å². The quantitative estimate of drug-likeness (QED) is 0.574. The number of hydrogen-bond acceptors (Lipinski definition) is 4. The topological polar surface area (TPSA) is 121 Å². The lowest BCUT2D eigenvalue weighted by atomic mass is 9.95. The highest BCUT2D eigenvalue weighted by atomic mass is 16.5. The van der Waals surface area contributed by atoms with Crippen molar-refractivity contribution >= 4 is 17.9 Å². The summed E-state index contributed by atoms with van der Waals surface area (Å²) < 4.78 is 4.96. The molecule has 0 aliphatic carbocycles. The van der Waals surface area contributed by atoms with E-state index in [1.54, 1.807) is 0 Å². The molecule has 0 spiro atoms. The normalized spacial score (nSPS) is 11.4. The molecule has 0 aliphatic rings. The smallest absolute Gasteiger partial charge is 0.337 e. The van der Waals surface area contributed by atoms with E-state index < -0.39 is 42.5 Å². The molecule has 7 heteroatoms. The molecular formula is C9H14O7. The fraction of sp³-hybridized carbons (Fsp3) is 0.667. The Labute approximate surface area is 91.6 Å². The Kier molecular flexibility index (Phi) is 4.90.